The zero-order valence-electron chi connectivity index (χ0n) is 15.5. The summed E-state index contributed by atoms with van der Waals surface area (Å²) in [5.74, 6) is 1.60. The molecule has 4 nitrogen and oxygen atoms in total. The van der Waals surface area contributed by atoms with Crippen molar-refractivity contribution in [2.45, 2.75) is 26.2 Å². The molecule has 1 aliphatic heterocycles. The standard InChI is InChI=1S/C22H28N2O2/c1-2-26-21-10-8-20(9-11-21)23-22(25)17-24-14-12-19(13-15-24)16-18-6-4-3-5-7-18/h3-11,19H,2,12-17H2,1H3,(H,23,25). The molecule has 3 rings (SSSR count). The molecular weight excluding hydrogens is 324 g/mol. The number of benzene rings is 2. The molecule has 0 aliphatic carbocycles. The SMILES string of the molecule is CCOc1ccc(NC(=O)CN2CCC(Cc3ccccc3)CC2)cc1. The molecule has 4 heteroatoms. The molecule has 0 bridgehead atoms. The lowest BCUT2D eigenvalue weighted by molar-refractivity contribution is -0.117. The van der Waals surface area contributed by atoms with Crippen molar-refractivity contribution >= 4 is 11.6 Å². The van der Waals surface area contributed by atoms with Gasteiger partial charge in [0.05, 0.1) is 13.2 Å². The van der Waals surface area contributed by atoms with Crippen LogP contribution in [0.15, 0.2) is 54.6 Å². The van der Waals surface area contributed by atoms with E-state index in [0.29, 0.717) is 13.2 Å². The fourth-order valence-electron chi connectivity index (χ4n) is 3.50. The number of hydrogen-bond acceptors (Lipinski definition) is 3. The van der Waals surface area contributed by atoms with E-state index in [-0.39, 0.29) is 5.91 Å². The molecule has 2 aromatic rings. The lowest BCUT2D eigenvalue weighted by Crippen LogP contribution is -2.39. The lowest BCUT2D eigenvalue weighted by atomic mass is 9.90. The Morgan fingerprint density at radius 2 is 1.77 bits per heavy atom. The van der Waals surface area contributed by atoms with Crippen molar-refractivity contribution in [3.63, 3.8) is 0 Å². The van der Waals surface area contributed by atoms with Gasteiger partial charge < -0.3 is 10.1 Å². The molecule has 1 heterocycles. The minimum atomic E-state index is 0.0515. The lowest BCUT2D eigenvalue weighted by Gasteiger charge is -2.31. The van der Waals surface area contributed by atoms with Gasteiger partial charge in [0.2, 0.25) is 5.91 Å². The first-order chi connectivity index (χ1) is 12.7. The maximum atomic E-state index is 12.3. The first kappa shape index (κ1) is 18.5. The van der Waals surface area contributed by atoms with Gasteiger partial charge in [-0.15, -0.1) is 0 Å². The number of carbonyl (C=O) groups is 1. The molecule has 0 radical (unpaired) electrons. The number of amides is 1. The Hall–Kier alpha value is -2.33. The van der Waals surface area contributed by atoms with Gasteiger partial charge in [-0.3, -0.25) is 9.69 Å². The molecule has 0 unspecified atom stereocenters. The fourth-order valence-corrected chi connectivity index (χ4v) is 3.50. The molecule has 0 atom stereocenters. The van der Waals surface area contributed by atoms with E-state index in [2.05, 4.69) is 40.5 Å². The number of anilines is 1. The van der Waals surface area contributed by atoms with Crippen molar-refractivity contribution in [1.29, 1.82) is 0 Å². The number of hydrogen-bond donors (Lipinski definition) is 1. The zero-order valence-corrected chi connectivity index (χ0v) is 15.5. The van der Waals surface area contributed by atoms with Crippen molar-refractivity contribution in [1.82, 2.24) is 4.90 Å². The van der Waals surface area contributed by atoms with E-state index < -0.39 is 0 Å². The second kappa shape index (κ2) is 9.39. The predicted octanol–water partition coefficient (Wildman–Crippen LogP) is 3.98. The second-order valence-electron chi connectivity index (χ2n) is 6.91. The third-order valence-corrected chi connectivity index (χ3v) is 4.89. The number of carbonyl (C=O) groups excluding carboxylic acids is 1. The van der Waals surface area contributed by atoms with Crippen LogP contribution in [0.4, 0.5) is 5.69 Å². The summed E-state index contributed by atoms with van der Waals surface area (Å²) in [7, 11) is 0. The van der Waals surface area contributed by atoms with E-state index in [0.717, 1.165) is 49.7 Å². The summed E-state index contributed by atoms with van der Waals surface area (Å²) < 4.78 is 5.42. The largest absolute Gasteiger partial charge is 0.494 e. The molecule has 1 saturated heterocycles. The highest BCUT2D eigenvalue weighted by Gasteiger charge is 2.21. The Kier molecular flexibility index (Phi) is 6.67. The van der Waals surface area contributed by atoms with Crippen LogP contribution in [-0.2, 0) is 11.2 Å². The molecule has 1 amide bonds. The van der Waals surface area contributed by atoms with Crippen molar-refractivity contribution in [3.05, 3.63) is 60.2 Å². The van der Waals surface area contributed by atoms with Crippen molar-refractivity contribution in [2.75, 3.05) is 31.6 Å². The summed E-state index contributed by atoms with van der Waals surface area (Å²) in [6, 6.07) is 18.2. The van der Waals surface area contributed by atoms with Gasteiger partial charge in [-0.1, -0.05) is 30.3 Å². The van der Waals surface area contributed by atoms with Crippen LogP contribution in [0, 0.1) is 5.92 Å². The molecule has 0 spiro atoms. The van der Waals surface area contributed by atoms with Gasteiger partial charge >= 0.3 is 0 Å². The first-order valence-electron chi connectivity index (χ1n) is 9.52. The van der Waals surface area contributed by atoms with Crippen LogP contribution >= 0.6 is 0 Å². The van der Waals surface area contributed by atoms with Gasteiger partial charge in [0.25, 0.3) is 0 Å². The van der Waals surface area contributed by atoms with Crippen LogP contribution < -0.4 is 10.1 Å². The van der Waals surface area contributed by atoms with Crippen molar-refractivity contribution < 1.29 is 9.53 Å². The Morgan fingerprint density at radius 1 is 1.08 bits per heavy atom. The van der Waals surface area contributed by atoms with E-state index in [1.165, 1.54) is 5.56 Å². The van der Waals surface area contributed by atoms with Crippen LogP contribution in [0.2, 0.25) is 0 Å². The number of likely N-dealkylation sites (tertiary alicyclic amines) is 1. The molecule has 2 aromatic carbocycles. The van der Waals surface area contributed by atoms with Gasteiger partial charge in [0.15, 0.2) is 0 Å². The molecule has 1 N–H and O–H groups in total. The van der Waals surface area contributed by atoms with E-state index in [1.807, 2.05) is 31.2 Å². The van der Waals surface area contributed by atoms with E-state index >= 15 is 0 Å². The number of nitrogens with one attached hydrogen (secondary N) is 1. The molecule has 26 heavy (non-hydrogen) atoms. The number of piperidine rings is 1. The van der Waals surface area contributed by atoms with Gasteiger partial charge in [0, 0.05) is 5.69 Å². The van der Waals surface area contributed by atoms with Crippen LogP contribution in [0.5, 0.6) is 5.75 Å². The molecule has 1 aliphatic rings. The molecule has 138 valence electrons. The van der Waals surface area contributed by atoms with E-state index in [4.69, 9.17) is 4.74 Å². The third kappa shape index (κ3) is 5.60. The molecule has 0 aromatic heterocycles. The van der Waals surface area contributed by atoms with Crippen LogP contribution in [0.1, 0.15) is 25.3 Å². The second-order valence-corrected chi connectivity index (χ2v) is 6.91. The summed E-state index contributed by atoms with van der Waals surface area (Å²) in [6.45, 7) is 5.05. The Balaban J connectivity index is 1.40. The number of rotatable bonds is 7. The first-order valence-corrected chi connectivity index (χ1v) is 9.52. The number of ether oxygens (including phenoxy) is 1. The van der Waals surface area contributed by atoms with Gasteiger partial charge in [-0.2, -0.15) is 0 Å². The maximum Gasteiger partial charge on any atom is 0.238 e. The summed E-state index contributed by atoms with van der Waals surface area (Å²) in [4.78, 5) is 14.5. The highest BCUT2D eigenvalue weighted by molar-refractivity contribution is 5.92. The Bertz CT molecular complexity index is 677. The van der Waals surface area contributed by atoms with Crippen molar-refractivity contribution in [3.8, 4) is 5.75 Å². The Morgan fingerprint density at radius 3 is 2.42 bits per heavy atom. The highest BCUT2D eigenvalue weighted by atomic mass is 16.5. The van der Waals surface area contributed by atoms with E-state index in [1.54, 1.807) is 0 Å². The molecule has 0 saturated carbocycles. The smallest absolute Gasteiger partial charge is 0.238 e. The minimum absolute atomic E-state index is 0.0515. The summed E-state index contributed by atoms with van der Waals surface area (Å²) in [6.07, 6.45) is 3.46. The summed E-state index contributed by atoms with van der Waals surface area (Å²) in [5.41, 5.74) is 2.23. The maximum absolute atomic E-state index is 12.3. The van der Waals surface area contributed by atoms with Gasteiger partial charge in [-0.25, -0.2) is 0 Å². The highest BCUT2D eigenvalue weighted by Crippen LogP contribution is 2.21. The monoisotopic (exact) mass is 352 g/mol. The van der Waals surface area contributed by atoms with Crippen molar-refractivity contribution in [2.24, 2.45) is 5.92 Å². The zero-order chi connectivity index (χ0) is 18.2. The fraction of sp³-hybridized carbons (Fsp3) is 0.409. The quantitative estimate of drug-likeness (QED) is 0.819. The Labute approximate surface area is 156 Å². The average molecular weight is 352 g/mol. The molecular formula is C22H28N2O2. The van der Waals surface area contributed by atoms with Crippen LogP contribution in [0.25, 0.3) is 0 Å². The normalized spacial score (nSPS) is 15.6. The van der Waals surface area contributed by atoms with E-state index in [9.17, 15) is 4.79 Å². The molecule has 1 fully saturated rings. The minimum Gasteiger partial charge on any atom is -0.494 e. The average Bonchev–Trinajstić information content (AvgIpc) is 2.66. The third-order valence-electron chi connectivity index (χ3n) is 4.89. The van der Waals surface area contributed by atoms with Crippen LogP contribution in [0.3, 0.4) is 0 Å². The van der Waals surface area contributed by atoms with Gasteiger partial charge in [0.1, 0.15) is 5.75 Å². The predicted molar refractivity (Wildman–Crippen MR) is 106 cm³/mol. The van der Waals surface area contributed by atoms with Gasteiger partial charge in [-0.05, 0) is 75.0 Å². The summed E-state index contributed by atoms with van der Waals surface area (Å²) >= 11 is 0. The topological polar surface area (TPSA) is 41.6 Å². The summed E-state index contributed by atoms with van der Waals surface area (Å²) in [5, 5.41) is 2.97. The number of nitrogens with zero attached hydrogens (tertiary/aromatic N) is 1. The van der Waals surface area contributed by atoms with Crippen LogP contribution in [-0.4, -0.2) is 37.0 Å².